The minimum atomic E-state index is -0.709. The summed E-state index contributed by atoms with van der Waals surface area (Å²) in [4.78, 5) is 44.4. The highest BCUT2D eigenvalue weighted by molar-refractivity contribution is 5.94. The van der Waals surface area contributed by atoms with Crippen LogP contribution in [0.25, 0.3) is 5.69 Å². The van der Waals surface area contributed by atoms with Gasteiger partial charge in [0.25, 0.3) is 5.91 Å². The van der Waals surface area contributed by atoms with Crippen LogP contribution in [0.4, 0.5) is 4.39 Å². The summed E-state index contributed by atoms with van der Waals surface area (Å²) in [6.07, 6.45) is 5.82. The lowest BCUT2D eigenvalue weighted by atomic mass is 9.85. The minimum Gasteiger partial charge on any atom is -0.342 e. The summed E-state index contributed by atoms with van der Waals surface area (Å²) in [7, 11) is 1.71. The molecule has 2 aromatic carbocycles. The highest BCUT2D eigenvalue weighted by Gasteiger charge is 2.40. The first-order valence-electron chi connectivity index (χ1n) is 15.0. The molecule has 3 aromatic rings. The molecule has 1 aliphatic rings. The minimum absolute atomic E-state index is 0.125. The molecule has 4 rings (SSSR count). The number of hydrogen-bond donors (Lipinski definition) is 2. The Hall–Kier alpha value is -3.98. The fraction of sp³-hybridized carbons (Fsp3) is 0.441. The third-order valence-corrected chi connectivity index (χ3v) is 8.18. The van der Waals surface area contributed by atoms with Gasteiger partial charge in [0.05, 0.1) is 11.6 Å². The van der Waals surface area contributed by atoms with E-state index in [1.165, 1.54) is 12.1 Å². The molecule has 43 heavy (non-hydrogen) atoms. The molecule has 9 heteroatoms. The molecule has 3 amide bonds. The number of benzene rings is 2. The molecule has 0 unspecified atom stereocenters. The highest BCUT2D eigenvalue weighted by atomic mass is 19.1. The Morgan fingerprint density at radius 2 is 1.74 bits per heavy atom. The van der Waals surface area contributed by atoms with Crippen molar-refractivity contribution >= 4 is 17.7 Å². The molecule has 0 radical (unpaired) electrons. The predicted molar refractivity (Wildman–Crippen MR) is 166 cm³/mol. The van der Waals surface area contributed by atoms with Crippen LogP contribution in [0, 0.1) is 11.2 Å². The van der Waals surface area contributed by atoms with E-state index in [1.807, 2.05) is 79.0 Å². The number of likely N-dealkylation sites (tertiary alicyclic amines) is 1. The van der Waals surface area contributed by atoms with E-state index in [9.17, 15) is 18.8 Å². The Bertz CT molecular complexity index is 1380. The van der Waals surface area contributed by atoms with Crippen molar-refractivity contribution in [2.24, 2.45) is 5.41 Å². The lowest BCUT2D eigenvalue weighted by molar-refractivity contribution is -0.140. The summed E-state index contributed by atoms with van der Waals surface area (Å²) in [5.74, 6) is -0.790. The second-order valence-electron chi connectivity index (χ2n) is 12.4. The fourth-order valence-corrected chi connectivity index (χ4v) is 5.44. The number of para-hydroxylation sites is 1. The first-order valence-corrected chi connectivity index (χ1v) is 15.0. The van der Waals surface area contributed by atoms with Gasteiger partial charge in [-0.15, -0.1) is 0 Å². The number of carbonyl (C=O) groups is 3. The molecule has 2 N–H and O–H groups in total. The number of hydrogen-bond acceptors (Lipinski definition) is 4. The van der Waals surface area contributed by atoms with E-state index in [-0.39, 0.29) is 29.6 Å². The Balaban J connectivity index is 1.56. The number of aromatic nitrogens is 1. The standard InChI is InChI=1S/C34H44FN5O3/c1-24(36-5)31(41)37-30(34(2,3)4)33(43)40-19-9-12-29(40)23-39(20-17-25-13-15-27(35)16-14-25)32(42)26-18-21-38(22-26)28-10-7-6-8-11-28/h6-8,10-11,13-16,18,21-22,24,29-30,36H,9,12,17,19-20,23H2,1-5H3,(H,37,41)/t24-,29-,30+/m0/s1. The summed E-state index contributed by atoms with van der Waals surface area (Å²) in [6.45, 7) is 8.94. The molecule has 8 nitrogen and oxygen atoms in total. The van der Waals surface area contributed by atoms with Gasteiger partial charge in [-0.1, -0.05) is 51.1 Å². The molecular formula is C34H44FN5O3. The van der Waals surface area contributed by atoms with E-state index in [4.69, 9.17) is 0 Å². The zero-order chi connectivity index (χ0) is 31.1. The van der Waals surface area contributed by atoms with Gasteiger partial charge in [0, 0.05) is 43.8 Å². The summed E-state index contributed by atoms with van der Waals surface area (Å²) < 4.78 is 15.4. The second-order valence-corrected chi connectivity index (χ2v) is 12.4. The number of nitrogens with one attached hydrogen (secondary N) is 2. The van der Waals surface area contributed by atoms with Crippen molar-refractivity contribution in [3.8, 4) is 5.69 Å². The molecule has 1 aromatic heterocycles. The maximum Gasteiger partial charge on any atom is 0.255 e. The van der Waals surface area contributed by atoms with Crippen LogP contribution in [0.15, 0.2) is 73.1 Å². The largest absolute Gasteiger partial charge is 0.342 e. The van der Waals surface area contributed by atoms with E-state index >= 15 is 0 Å². The Kier molecular flexibility index (Phi) is 10.4. The van der Waals surface area contributed by atoms with Gasteiger partial charge in [0.2, 0.25) is 11.8 Å². The van der Waals surface area contributed by atoms with Crippen LogP contribution in [-0.4, -0.2) is 76.9 Å². The molecule has 0 saturated carbocycles. The van der Waals surface area contributed by atoms with Gasteiger partial charge in [-0.2, -0.15) is 0 Å². The number of halogens is 1. The third-order valence-electron chi connectivity index (χ3n) is 8.18. The van der Waals surface area contributed by atoms with E-state index in [1.54, 1.807) is 31.0 Å². The molecular weight excluding hydrogens is 545 g/mol. The number of rotatable bonds is 11. The van der Waals surface area contributed by atoms with E-state index in [2.05, 4.69) is 10.6 Å². The van der Waals surface area contributed by atoms with Gasteiger partial charge in [-0.25, -0.2) is 4.39 Å². The summed E-state index contributed by atoms with van der Waals surface area (Å²) in [6, 6.07) is 16.6. The van der Waals surface area contributed by atoms with E-state index in [0.29, 0.717) is 31.6 Å². The normalized spacial score (nSPS) is 16.5. The molecule has 3 atom stereocenters. The summed E-state index contributed by atoms with van der Waals surface area (Å²) in [5, 5.41) is 5.90. The average molecular weight is 590 g/mol. The molecule has 1 fully saturated rings. The van der Waals surface area contributed by atoms with Crippen LogP contribution in [0.3, 0.4) is 0 Å². The Labute approximate surface area is 254 Å². The van der Waals surface area contributed by atoms with Crippen molar-refractivity contribution < 1.29 is 18.8 Å². The van der Waals surface area contributed by atoms with Crippen LogP contribution >= 0.6 is 0 Å². The molecule has 1 saturated heterocycles. The van der Waals surface area contributed by atoms with Crippen molar-refractivity contribution in [2.75, 3.05) is 26.7 Å². The number of amides is 3. The summed E-state index contributed by atoms with van der Waals surface area (Å²) >= 11 is 0. The van der Waals surface area contributed by atoms with Crippen molar-refractivity contribution in [1.29, 1.82) is 0 Å². The SMILES string of the molecule is CN[C@@H](C)C(=O)N[C@H](C(=O)N1CCC[C@H]1CN(CCc1ccc(F)cc1)C(=O)c1ccn(-c2ccccc2)c1)C(C)(C)C. The zero-order valence-electron chi connectivity index (χ0n) is 25.8. The van der Waals surface area contributed by atoms with Crippen molar-refractivity contribution in [2.45, 2.75) is 65.1 Å². The van der Waals surface area contributed by atoms with Crippen LogP contribution in [0.2, 0.25) is 0 Å². The summed E-state index contributed by atoms with van der Waals surface area (Å²) in [5.41, 5.74) is 1.93. The monoisotopic (exact) mass is 589 g/mol. The quantitative estimate of drug-likeness (QED) is 0.347. The van der Waals surface area contributed by atoms with E-state index in [0.717, 1.165) is 24.1 Å². The average Bonchev–Trinajstić information content (AvgIpc) is 3.68. The third kappa shape index (κ3) is 8.10. The zero-order valence-corrected chi connectivity index (χ0v) is 25.8. The first kappa shape index (κ1) is 31.9. The van der Waals surface area contributed by atoms with Crippen molar-refractivity contribution in [3.63, 3.8) is 0 Å². The van der Waals surface area contributed by atoms with Crippen molar-refractivity contribution in [1.82, 2.24) is 25.0 Å². The Morgan fingerprint density at radius 3 is 2.40 bits per heavy atom. The van der Waals surface area contributed by atoms with Crippen LogP contribution in [-0.2, 0) is 16.0 Å². The van der Waals surface area contributed by atoms with Crippen LogP contribution < -0.4 is 10.6 Å². The van der Waals surface area contributed by atoms with Gasteiger partial charge < -0.3 is 25.0 Å². The fourth-order valence-electron chi connectivity index (χ4n) is 5.44. The predicted octanol–water partition coefficient (Wildman–Crippen LogP) is 4.43. The van der Waals surface area contributed by atoms with Gasteiger partial charge in [0.1, 0.15) is 11.9 Å². The van der Waals surface area contributed by atoms with Gasteiger partial charge in [-0.3, -0.25) is 14.4 Å². The van der Waals surface area contributed by atoms with Crippen LogP contribution in [0.1, 0.15) is 56.5 Å². The maximum absolute atomic E-state index is 14.0. The first-order chi connectivity index (χ1) is 20.5. The molecule has 230 valence electrons. The topological polar surface area (TPSA) is 86.7 Å². The van der Waals surface area contributed by atoms with Crippen molar-refractivity contribution in [3.05, 3.63) is 90.0 Å². The lowest BCUT2D eigenvalue weighted by Gasteiger charge is -2.37. The van der Waals surface area contributed by atoms with Gasteiger partial charge in [0.15, 0.2) is 0 Å². The molecule has 0 bridgehead atoms. The smallest absolute Gasteiger partial charge is 0.255 e. The maximum atomic E-state index is 14.0. The van der Waals surface area contributed by atoms with Gasteiger partial charge in [-0.05, 0) is 74.5 Å². The molecule has 0 spiro atoms. The molecule has 2 heterocycles. The lowest BCUT2D eigenvalue weighted by Crippen LogP contribution is -2.59. The second kappa shape index (κ2) is 14.0. The number of carbonyl (C=O) groups excluding carboxylic acids is 3. The highest BCUT2D eigenvalue weighted by Crippen LogP contribution is 2.27. The van der Waals surface area contributed by atoms with Crippen LogP contribution in [0.5, 0.6) is 0 Å². The van der Waals surface area contributed by atoms with Gasteiger partial charge >= 0.3 is 0 Å². The number of nitrogens with zero attached hydrogens (tertiary/aromatic N) is 3. The number of likely N-dealkylation sites (N-methyl/N-ethyl adjacent to an activating group) is 1. The molecule has 0 aliphatic carbocycles. The van der Waals surface area contributed by atoms with E-state index < -0.39 is 17.5 Å². The molecule has 1 aliphatic heterocycles. The Morgan fingerprint density at radius 1 is 1.05 bits per heavy atom.